The van der Waals surface area contributed by atoms with Gasteiger partial charge in [-0.3, -0.25) is 20.1 Å². The van der Waals surface area contributed by atoms with Crippen molar-refractivity contribution in [2.24, 2.45) is 0 Å². The Morgan fingerprint density at radius 3 is 2.41 bits per heavy atom. The highest BCUT2D eigenvalue weighted by Gasteiger charge is 2.41. The SMILES string of the molecule is O=C(C1=CN(Cc2cccnc2)C(NCc2cccnc2)CC1)C(F)(F)F. The number of hydrogen-bond donors (Lipinski definition) is 1. The van der Waals surface area contributed by atoms with Crippen LogP contribution in [0.5, 0.6) is 0 Å². The van der Waals surface area contributed by atoms with Crippen LogP contribution in [0.25, 0.3) is 0 Å². The molecule has 1 unspecified atom stereocenters. The Bertz CT molecular complexity index is 794. The third-order valence-electron chi connectivity index (χ3n) is 4.31. The van der Waals surface area contributed by atoms with Gasteiger partial charge < -0.3 is 4.90 Å². The van der Waals surface area contributed by atoms with Crippen LogP contribution in [0.1, 0.15) is 24.0 Å². The van der Waals surface area contributed by atoms with E-state index < -0.39 is 12.0 Å². The second-order valence-corrected chi connectivity index (χ2v) is 6.31. The molecule has 142 valence electrons. The Hall–Kier alpha value is -2.74. The van der Waals surface area contributed by atoms with E-state index in [0.29, 0.717) is 19.5 Å². The Morgan fingerprint density at radius 2 is 1.81 bits per heavy atom. The fourth-order valence-corrected chi connectivity index (χ4v) is 2.98. The fourth-order valence-electron chi connectivity index (χ4n) is 2.98. The summed E-state index contributed by atoms with van der Waals surface area (Å²) < 4.78 is 38.4. The summed E-state index contributed by atoms with van der Waals surface area (Å²) in [6.45, 7) is 0.881. The van der Waals surface area contributed by atoms with E-state index in [1.54, 1.807) is 35.8 Å². The van der Waals surface area contributed by atoms with E-state index in [1.165, 1.54) is 6.20 Å². The van der Waals surface area contributed by atoms with Crippen molar-refractivity contribution in [3.8, 4) is 0 Å². The van der Waals surface area contributed by atoms with Crippen LogP contribution in [0.3, 0.4) is 0 Å². The number of allylic oxidation sites excluding steroid dienone is 1. The number of rotatable bonds is 6. The number of Topliss-reactive ketones (excluding diaryl/α,β-unsaturated/α-hetero) is 1. The number of ketones is 1. The zero-order valence-electron chi connectivity index (χ0n) is 14.5. The summed E-state index contributed by atoms with van der Waals surface area (Å²) in [5.74, 6) is -1.77. The van der Waals surface area contributed by atoms with Gasteiger partial charge in [-0.2, -0.15) is 13.2 Å². The number of carbonyl (C=O) groups is 1. The number of hydrogen-bond acceptors (Lipinski definition) is 5. The molecule has 0 aromatic carbocycles. The maximum Gasteiger partial charge on any atom is 0.454 e. The average molecular weight is 376 g/mol. The van der Waals surface area contributed by atoms with Crippen molar-refractivity contribution in [3.63, 3.8) is 0 Å². The van der Waals surface area contributed by atoms with Gasteiger partial charge in [0.05, 0.1) is 6.17 Å². The van der Waals surface area contributed by atoms with E-state index in [4.69, 9.17) is 0 Å². The molecule has 1 aliphatic rings. The van der Waals surface area contributed by atoms with Crippen molar-refractivity contribution in [3.05, 3.63) is 72.0 Å². The smallest absolute Gasteiger partial charge is 0.357 e. The molecule has 0 aliphatic carbocycles. The minimum Gasteiger partial charge on any atom is -0.357 e. The molecule has 1 atom stereocenters. The van der Waals surface area contributed by atoms with Crippen molar-refractivity contribution < 1.29 is 18.0 Å². The molecule has 0 bridgehead atoms. The number of nitrogens with zero attached hydrogens (tertiary/aromatic N) is 3. The highest BCUT2D eigenvalue weighted by Crippen LogP contribution is 2.28. The molecule has 0 radical (unpaired) electrons. The summed E-state index contributed by atoms with van der Waals surface area (Å²) >= 11 is 0. The van der Waals surface area contributed by atoms with Crippen LogP contribution in [0, 0.1) is 0 Å². The summed E-state index contributed by atoms with van der Waals surface area (Å²) in [5, 5.41) is 3.33. The molecule has 27 heavy (non-hydrogen) atoms. The minimum atomic E-state index is -4.86. The molecule has 2 aromatic heterocycles. The van der Waals surface area contributed by atoms with Crippen LogP contribution >= 0.6 is 0 Å². The van der Waals surface area contributed by atoms with Crippen molar-refractivity contribution in [2.75, 3.05) is 0 Å². The molecule has 3 rings (SSSR count). The predicted octanol–water partition coefficient (Wildman–Crippen LogP) is 3.20. The fraction of sp³-hybridized carbons (Fsp3) is 0.316. The quantitative estimate of drug-likeness (QED) is 0.839. The second-order valence-electron chi connectivity index (χ2n) is 6.31. The van der Waals surface area contributed by atoms with Gasteiger partial charge in [-0.05, 0) is 36.1 Å². The summed E-state index contributed by atoms with van der Waals surface area (Å²) in [6.07, 6.45) is 3.44. The van der Waals surface area contributed by atoms with Gasteiger partial charge in [-0.1, -0.05) is 12.1 Å². The summed E-state index contributed by atoms with van der Waals surface area (Å²) in [5.41, 5.74) is 1.61. The molecule has 0 fully saturated rings. The number of carbonyl (C=O) groups excluding carboxylic acids is 1. The minimum absolute atomic E-state index is 0.0760. The molecule has 5 nitrogen and oxygen atoms in total. The van der Waals surface area contributed by atoms with Crippen molar-refractivity contribution in [1.82, 2.24) is 20.2 Å². The standard InChI is InChI=1S/C19H19F3N4O/c20-19(21,22)18(27)16-5-6-17(25-11-14-3-1-7-23-9-14)26(13-16)12-15-4-2-8-24-10-15/h1-4,7-10,13,17,25H,5-6,11-12H2. The molecule has 0 saturated heterocycles. The third-order valence-corrected chi connectivity index (χ3v) is 4.31. The van der Waals surface area contributed by atoms with Gasteiger partial charge in [0.15, 0.2) is 0 Å². The van der Waals surface area contributed by atoms with Crippen molar-refractivity contribution >= 4 is 5.78 Å². The van der Waals surface area contributed by atoms with Gasteiger partial charge >= 0.3 is 6.18 Å². The topological polar surface area (TPSA) is 58.1 Å². The van der Waals surface area contributed by atoms with Gasteiger partial charge in [0.2, 0.25) is 0 Å². The van der Waals surface area contributed by atoms with Crippen molar-refractivity contribution in [1.29, 1.82) is 0 Å². The first-order valence-electron chi connectivity index (χ1n) is 8.52. The highest BCUT2D eigenvalue weighted by atomic mass is 19.4. The van der Waals surface area contributed by atoms with E-state index >= 15 is 0 Å². The molecule has 8 heteroatoms. The number of halogens is 3. The zero-order chi connectivity index (χ0) is 19.3. The lowest BCUT2D eigenvalue weighted by atomic mass is 10.00. The van der Waals surface area contributed by atoms with Crippen LogP contribution in [0.2, 0.25) is 0 Å². The first-order valence-corrected chi connectivity index (χ1v) is 8.52. The van der Waals surface area contributed by atoms with E-state index in [0.717, 1.165) is 11.1 Å². The van der Waals surface area contributed by atoms with Crippen molar-refractivity contribution in [2.45, 2.75) is 38.3 Å². The lowest BCUT2D eigenvalue weighted by Crippen LogP contribution is -2.45. The second kappa shape index (κ2) is 8.30. The Kier molecular flexibility index (Phi) is 5.85. The molecular weight excluding hydrogens is 357 g/mol. The first-order chi connectivity index (χ1) is 12.9. The predicted molar refractivity (Wildman–Crippen MR) is 93.0 cm³/mol. The molecule has 0 spiro atoms. The molecule has 3 heterocycles. The Morgan fingerprint density at radius 1 is 1.15 bits per heavy atom. The first kappa shape index (κ1) is 19.0. The number of nitrogens with one attached hydrogen (secondary N) is 1. The Balaban J connectivity index is 1.77. The van der Waals surface area contributed by atoms with E-state index in [9.17, 15) is 18.0 Å². The Labute approximate surface area is 154 Å². The van der Waals surface area contributed by atoms with Crippen LogP contribution in [-0.2, 0) is 17.9 Å². The lowest BCUT2D eigenvalue weighted by molar-refractivity contribution is -0.167. The molecule has 0 amide bonds. The van der Waals surface area contributed by atoms with E-state index in [1.807, 2.05) is 18.2 Å². The van der Waals surface area contributed by atoms with Crippen LogP contribution in [-0.4, -0.2) is 33.0 Å². The van der Waals surface area contributed by atoms with Crippen LogP contribution in [0.4, 0.5) is 13.2 Å². The van der Waals surface area contributed by atoms with Gasteiger partial charge in [0.25, 0.3) is 5.78 Å². The monoisotopic (exact) mass is 376 g/mol. The molecule has 2 aromatic rings. The largest absolute Gasteiger partial charge is 0.454 e. The van der Waals surface area contributed by atoms with Gasteiger partial charge in [0, 0.05) is 49.6 Å². The van der Waals surface area contributed by atoms with E-state index in [2.05, 4.69) is 15.3 Å². The lowest BCUT2D eigenvalue weighted by Gasteiger charge is -2.36. The highest BCUT2D eigenvalue weighted by molar-refractivity contribution is 5.99. The molecule has 1 N–H and O–H groups in total. The summed E-state index contributed by atoms with van der Waals surface area (Å²) in [7, 11) is 0. The summed E-state index contributed by atoms with van der Waals surface area (Å²) in [6, 6.07) is 7.36. The molecule has 1 aliphatic heterocycles. The van der Waals surface area contributed by atoms with Crippen LogP contribution < -0.4 is 5.32 Å². The number of aromatic nitrogens is 2. The maximum absolute atomic E-state index is 12.8. The average Bonchev–Trinajstić information content (AvgIpc) is 2.67. The number of alkyl halides is 3. The maximum atomic E-state index is 12.8. The number of pyridine rings is 2. The third kappa shape index (κ3) is 5.13. The summed E-state index contributed by atoms with van der Waals surface area (Å²) in [4.78, 5) is 21.5. The van der Waals surface area contributed by atoms with Gasteiger partial charge in [-0.15, -0.1) is 0 Å². The van der Waals surface area contributed by atoms with Crippen LogP contribution in [0.15, 0.2) is 60.8 Å². The zero-order valence-corrected chi connectivity index (χ0v) is 14.5. The van der Waals surface area contributed by atoms with Gasteiger partial charge in [-0.25, -0.2) is 0 Å². The van der Waals surface area contributed by atoms with Gasteiger partial charge in [0.1, 0.15) is 0 Å². The normalized spacial score (nSPS) is 17.5. The molecular formula is C19H19F3N4O. The van der Waals surface area contributed by atoms with E-state index in [-0.39, 0.29) is 18.2 Å². The molecule has 0 saturated carbocycles.